The number of nitrogen functional groups attached to an aromatic ring is 1. The first-order valence-corrected chi connectivity index (χ1v) is 10.2. The number of ether oxygens (including phenoxy) is 1. The highest BCUT2D eigenvalue weighted by molar-refractivity contribution is 5.85. The summed E-state index contributed by atoms with van der Waals surface area (Å²) in [5, 5.41) is 9.86. The first-order chi connectivity index (χ1) is 15.0. The zero-order chi connectivity index (χ0) is 22.1. The second-order valence-corrected chi connectivity index (χ2v) is 7.13. The second-order valence-electron chi connectivity index (χ2n) is 7.13. The topological polar surface area (TPSA) is 111 Å². The molecule has 0 aliphatic rings. The van der Waals surface area contributed by atoms with Crippen molar-refractivity contribution in [1.82, 2.24) is 20.4 Å². The van der Waals surface area contributed by atoms with Crippen molar-refractivity contribution in [3.63, 3.8) is 0 Å². The summed E-state index contributed by atoms with van der Waals surface area (Å²) in [5.41, 5.74) is 8.69. The summed E-state index contributed by atoms with van der Waals surface area (Å²) in [5.74, 6) is 0.295. The average molecular weight is 422 g/mol. The van der Waals surface area contributed by atoms with Crippen LogP contribution in [0.4, 0.5) is 10.6 Å². The molecule has 1 atom stereocenters. The summed E-state index contributed by atoms with van der Waals surface area (Å²) in [6.07, 6.45) is 0.737. The second kappa shape index (κ2) is 10.8. The number of nitrogens with one attached hydrogen (secondary N) is 2. The molecule has 8 heteroatoms. The van der Waals surface area contributed by atoms with Gasteiger partial charge in [-0.25, -0.2) is 9.48 Å². The van der Waals surface area contributed by atoms with Gasteiger partial charge in [0.15, 0.2) is 0 Å². The van der Waals surface area contributed by atoms with Crippen molar-refractivity contribution in [3.8, 4) is 5.69 Å². The van der Waals surface area contributed by atoms with Gasteiger partial charge >= 0.3 is 6.09 Å². The highest BCUT2D eigenvalue weighted by Crippen LogP contribution is 2.15. The maximum Gasteiger partial charge on any atom is 0.408 e. The Kier molecular flexibility index (Phi) is 7.64. The van der Waals surface area contributed by atoms with E-state index in [0.717, 1.165) is 16.9 Å². The minimum absolute atomic E-state index is 0.153. The summed E-state index contributed by atoms with van der Waals surface area (Å²) in [6.45, 7) is 2.23. The van der Waals surface area contributed by atoms with Crippen LogP contribution in [0.3, 0.4) is 0 Å². The fourth-order valence-electron chi connectivity index (χ4n) is 2.99. The SMILES string of the molecule is CC(NC(=O)OCc1ccccc1)C(=O)NCCCc1cc(N)n(-c2ccccc2)n1. The van der Waals surface area contributed by atoms with Gasteiger partial charge in [0, 0.05) is 12.6 Å². The average Bonchev–Trinajstić information content (AvgIpc) is 3.16. The Balaban J connectivity index is 1.36. The summed E-state index contributed by atoms with van der Waals surface area (Å²) in [4.78, 5) is 24.0. The molecule has 8 nitrogen and oxygen atoms in total. The number of anilines is 1. The van der Waals surface area contributed by atoms with Crippen LogP contribution >= 0.6 is 0 Å². The molecule has 3 aromatic rings. The van der Waals surface area contributed by atoms with Gasteiger partial charge in [0.2, 0.25) is 5.91 Å². The van der Waals surface area contributed by atoms with Gasteiger partial charge in [-0.3, -0.25) is 4.79 Å². The van der Waals surface area contributed by atoms with Crippen LogP contribution in [0.2, 0.25) is 0 Å². The number of carbonyl (C=O) groups is 2. The van der Waals surface area contributed by atoms with E-state index in [1.807, 2.05) is 66.7 Å². The largest absolute Gasteiger partial charge is 0.445 e. The standard InChI is InChI=1S/C23H27N5O3/c1-17(26-23(30)31-16-18-9-4-2-5-10-18)22(29)25-14-8-11-19-15-21(24)28(27-19)20-12-6-3-7-13-20/h2-7,9-10,12-13,15,17H,8,11,14,16,24H2,1H3,(H,25,29)(H,26,30). The molecule has 31 heavy (non-hydrogen) atoms. The van der Waals surface area contributed by atoms with E-state index in [-0.39, 0.29) is 12.5 Å². The van der Waals surface area contributed by atoms with Crippen molar-refractivity contribution in [1.29, 1.82) is 0 Å². The van der Waals surface area contributed by atoms with E-state index in [2.05, 4.69) is 15.7 Å². The van der Waals surface area contributed by atoms with E-state index in [1.54, 1.807) is 11.6 Å². The Morgan fingerprint density at radius 2 is 1.77 bits per heavy atom. The Labute approximate surface area is 181 Å². The zero-order valence-electron chi connectivity index (χ0n) is 17.5. The Morgan fingerprint density at radius 1 is 1.10 bits per heavy atom. The van der Waals surface area contributed by atoms with Crippen LogP contribution in [0, 0.1) is 0 Å². The number of aromatic nitrogens is 2. The molecule has 2 amide bonds. The summed E-state index contributed by atoms with van der Waals surface area (Å²) >= 11 is 0. The van der Waals surface area contributed by atoms with Gasteiger partial charge in [0.25, 0.3) is 0 Å². The number of carbonyl (C=O) groups excluding carboxylic acids is 2. The van der Waals surface area contributed by atoms with Gasteiger partial charge in [-0.05, 0) is 37.5 Å². The molecule has 0 saturated heterocycles. The highest BCUT2D eigenvalue weighted by Gasteiger charge is 2.16. The van der Waals surface area contributed by atoms with E-state index in [0.29, 0.717) is 25.2 Å². The molecule has 0 aliphatic carbocycles. The van der Waals surface area contributed by atoms with E-state index < -0.39 is 12.1 Å². The number of aryl methyl sites for hydroxylation is 1. The molecule has 3 rings (SSSR count). The molecule has 0 fully saturated rings. The lowest BCUT2D eigenvalue weighted by molar-refractivity contribution is -0.122. The van der Waals surface area contributed by atoms with Crippen molar-refractivity contribution in [2.75, 3.05) is 12.3 Å². The number of alkyl carbamates (subject to hydrolysis) is 1. The number of para-hydroxylation sites is 1. The van der Waals surface area contributed by atoms with Crippen LogP contribution in [0.25, 0.3) is 5.69 Å². The lowest BCUT2D eigenvalue weighted by atomic mass is 10.2. The Hall–Kier alpha value is -3.81. The number of hydrogen-bond acceptors (Lipinski definition) is 5. The molecule has 0 aliphatic heterocycles. The van der Waals surface area contributed by atoms with Gasteiger partial charge in [0.05, 0.1) is 11.4 Å². The third kappa shape index (κ3) is 6.60. The number of nitrogens with two attached hydrogens (primary N) is 1. The third-order valence-electron chi connectivity index (χ3n) is 4.64. The van der Waals surface area contributed by atoms with Crippen molar-refractivity contribution >= 4 is 17.8 Å². The first-order valence-electron chi connectivity index (χ1n) is 10.2. The summed E-state index contributed by atoms with van der Waals surface area (Å²) in [6, 6.07) is 20.2. The molecule has 1 unspecified atom stereocenters. The van der Waals surface area contributed by atoms with Crippen molar-refractivity contribution < 1.29 is 14.3 Å². The first kappa shape index (κ1) is 21.9. The molecule has 0 saturated carbocycles. The van der Waals surface area contributed by atoms with Crippen LogP contribution in [-0.2, 0) is 22.6 Å². The fourth-order valence-corrected chi connectivity index (χ4v) is 2.99. The maximum atomic E-state index is 12.2. The molecule has 4 N–H and O–H groups in total. The van der Waals surface area contributed by atoms with Gasteiger partial charge in [0.1, 0.15) is 18.5 Å². The molecule has 2 aromatic carbocycles. The van der Waals surface area contributed by atoms with Gasteiger partial charge in [-0.1, -0.05) is 48.5 Å². The molecule has 162 valence electrons. The molecule has 0 bridgehead atoms. The van der Waals surface area contributed by atoms with Crippen LogP contribution in [0.15, 0.2) is 66.7 Å². The lowest BCUT2D eigenvalue weighted by Gasteiger charge is -2.14. The van der Waals surface area contributed by atoms with E-state index in [4.69, 9.17) is 10.5 Å². The Bertz CT molecular complexity index is 989. The maximum absolute atomic E-state index is 12.2. The van der Waals surface area contributed by atoms with Crippen molar-refractivity contribution in [2.24, 2.45) is 0 Å². The normalized spacial score (nSPS) is 11.5. The van der Waals surface area contributed by atoms with Gasteiger partial charge in [-0.15, -0.1) is 0 Å². The van der Waals surface area contributed by atoms with E-state index >= 15 is 0 Å². The fraction of sp³-hybridized carbons (Fsp3) is 0.261. The van der Waals surface area contributed by atoms with E-state index in [1.165, 1.54) is 0 Å². The van der Waals surface area contributed by atoms with Crippen LogP contribution < -0.4 is 16.4 Å². The number of rotatable bonds is 9. The molecular formula is C23H27N5O3. The zero-order valence-corrected chi connectivity index (χ0v) is 17.5. The quantitative estimate of drug-likeness (QED) is 0.460. The molecule has 0 spiro atoms. The minimum Gasteiger partial charge on any atom is -0.445 e. The molecular weight excluding hydrogens is 394 g/mol. The highest BCUT2D eigenvalue weighted by atomic mass is 16.5. The minimum atomic E-state index is -0.698. The molecule has 0 radical (unpaired) electrons. The van der Waals surface area contributed by atoms with Crippen LogP contribution in [0.5, 0.6) is 0 Å². The molecule has 1 aromatic heterocycles. The lowest BCUT2D eigenvalue weighted by Crippen LogP contribution is -2.45. The number of hydrogen-bond donors (Lipinski definition) is 3. The van der Waals surface area contributed by atoms with Crippen molar-refractivity contribution in [2.45, 2.75) is 32.4 Å². The van der Waals surface area contributed by atoms with Gasteiger partial charge in [-0.2, -0.15) is 5.10 Å². The number of benzene rings is 2. The Morgan fingerprint density at radius 3 is 2.48 bits per heavy atom. The monoisotopic (exact) mass is 421 g/mol. The van der Waals surface area contributed by atoms with Crippen molar-refractivity contribution in [3.05, 3.63) is 78.0 Å². The number of nitrogens with zero attached hydrogens (tertiary/aromatic N) is 2. The summed E-state index contributed by atoms with van der Waals surface area (Å²) < 4.78 is 6.83. The molecule has 1 heterocycles. The predicted octanol–water partition coefficient (Wildman–Crippen LogP) is 2.82. The number of amides is 2. The summed E-state index contributed by atoms with van der Waals surface area (Å²) in [7, 11) is 0. The predicted molar refractivity (Wildman–Crippen MR) is 119 cm³/mol. The van der Waals surface area contributed by atoms with Crippen LogP contribution in [-0.4, -0.2) is 34.4 Å². The van der Waals surface area contributed by atoms with E-state index in [9.17, 15) is 9.59 Å². The third-order valence-corrected chi connectivity index (χ3v) is 4.64. The smallest absolute Gasteiger partial charge is 0.408 e. The van der Waals surface area contributed by atoms with Crippen LogP contribution in [0.1, 0.15) is 24.6 Å². The van der Waals surface area contributed by atoms with Gasteiger partial charge < -0.3 is 21.1 Å².